The first-order valence-corrected chi connectivity index (χ1v) is 4.54. The zero-order chi connectivity index (χ0) is 9.14. The van der Waals surface area contributed by atoms with E-state index in [2.05, 4.69) is 15.9 Å². The van der Waals surface area contributed by atoms with E-state index in [1.54, 1.807) is 6.07 Å². The molecule has 12 heavy (non-hydrogen) atoms. The summed E-state index contributed by atoms with van der Waals surface area (Å²) in [5.41, 5.74) is 1.82. The number of hydrogen-bond acceptors (Lipinski definition) is 2. The highest BCUT2D eigenvalue weighted by molar-refractivity contribution is 9.10. The molecule has 2 N–H and O–H groups in total. The first-order chi connectivity index (χ1) is 5.66. The van der Waals surface area contributed by atoms with Crippen molar-refractivity contribution in [1.29, 1.82) is 0 Å². The van der Waals surface area contributed by atoms with Crippen molar-refractivity contribution in [2.24, 2.45) is 0 Å². The average molecular weight is 231 g/mol. The van der Waals surface area contributed by atoms with E-state index in [1.807, 2.05) is 13.0 Å². The van der Waals surface area contributed by atoms with E-state index in [1.165, 1.54) is 0 Å². The molecule has 0 amide bonds. The van der Waals surface area contributed by atoms with Crippen LogP contribution < -0.4 is 0 Å². The van der Waals surface area contributed by atoms with E-state index in [9.17, 15) is 5.11 Å². The van der Waals surface area contributed by atoms with Gasteiger partial charge in [0, 0.05) is 12.2 Å². The van der Waals surface area contributed by atoms with Crippen LogP contribution >= 0.6 is 15.9 Å². The third-order valence-corrected chi connectivity index (χ3v) is 2.47. The van der Waals surface area contributed by atoms with E-state index in [0.29, 0.717) is 10.9 Å². The van der Waals surface area contributed by atoms with Crippen molar-refractivity contribution in [2.75, 3.05) is 6.61 Å². The lowest BCUT2D eigenvalue weighted by Gasteiger charge is -2.07. The number of aromatic hydroxyl groups is 1. The van der Waals surface area contributed by atoms with Crippen LogP contribution in [0.3, 0.4) is 0 Å². The Labute approximate surface area is 80.0 Å². The number of aryl methyl sites for hydroxylation is 1. The highest BCUT2D eigenvalue weighted by atomic mass is 79.9. The van der Waals surface area contributed by atoms with Crippen LogP contribution in [0.5, 0.6) is 5.75 Å². The van der Waals surface area contributed by atoms with Gasteiger partial charge in [-0.25, -0.2) is 0 Å². The molecule has 0 aliphatic carbocycles. The number of aliphatic hydroxyl groups excluding tert-OH is 1. The number of phenols is 1. The molecular formula is C9H11BrO2. The fraction of sp³-hybridized carbons (Fsp3) is 0.333. The Hall–Kier alpha value is -0.540. The van der Waals surface area contributed by atoms with Gasteiger partial charge in [0.15, 0.2) is 0 Å². The third kappa shape index (κ3) is 1.79. The van der Waals surface area contributed by atoms with E-state index in [-0.39, 0.29) is 12.4 Å². The van der Waals surface area contributed by atoms with Gasteiger partial charge < -0.3 is 10.2 Å². The van der Waals surface area contributed by atoms with Gasteiger partial charge in [-0.2, -0.15) is 0 Å². The van der Waals surface area contributed by atoms with Crippen LogP contribution in [0.1, 0.15) is 11.1 Å². The molecule has 1 aromatic carbocycles. The molecule has 0 heterocycles. The lowest BCUT2D eigenvalue weighted by Crippen LogP contribution is -1.94. The number of rotatable bonds is 2. The summed E-state index contributed by atoms with van der Waals surface area (Å²) in [6.07, 6.45) is 0.497. The third-order valence-electron chi connectivity index (χ3n) is 1.83. The minimum absolute atomic E-state index is 0.0604. The Morgan fingerprint density at radius 2 is 2.08 bits per heavy atom. The zero-order valence-electron chi connectivity index (χ0n) is 6.84. The van der Waals surface area contributed by atoms with Crippen molar-refractivity contribution in [3.63, 3.8) is 0 Å². The van der Waals surface area contributed by atoms with Gasteiger partial charge in [-0.15, -0.1) is 0 Å². The average Bonchev–Trinajstić information content (AvgIpc) is 2.06. The zero-order valence-corrected chi connectivity index (χ0v) is 8.43. The standard InChI is InChI=1S/C9H11BrO2/c1-6-2-3-8(10)9(12)7(6)4-5-11/h2-3,11-12H,4-5H2,1H3. The highest BCUT2D eigenvalue weighted by Gasteiger charge is 2.07. The summed E-state index contributed by atoms with van der Waals surface area (Å²) in [7, 11) is 0. The number of benzene rings is 1. The van der Waals surface area contributed by atoms with E-state index < -0.39 is 0 Å². The summed E-state index contributed by atoms with van der Waals surface area (Å²) in [4.78, 5) is 0. The molecule has 0 unspecified atom stereocenters. The molecule has 1 aromatic rings. The van der Waals surface area contributed by atoms with Crippen molar-refractivity contribution in [2.45, 2.75) is 13.3 Å². The van der Waals surface area contributed by atoms with Gasteiger partial charge in [0.2, 0.25) is 0 Å². The summed E-state index contributed by atoms with van der Waals surface area (Å²) >= 11 is 3.22. The Bertz CT molecular complexity index is 284. The molecule has 66 valence electrons. The van der Waals surface area contributed by atoms with E-state index >= 15 is 0 Å². The molecule has 0 saturated heterocycles. The van der Waals surface area contributed by atoms with Crippen molar-refractivity contribution >= 4 is 15.9 Å². The maximum atomic E-state index is 9.55. The normalized spacial score (nSPS) is 10.2. The van der Waals surface area contributed by atoms with Crippen molar-refractivity contribution in [1.82, 2.24) is 0 Å². The predicted molar refractivity (Wildman–Crippen MR) is 51.3 cm³/mol. The lowest BCUT2D eigenvalue weighted by atomic mass is 10.1. The van der Waals surface area contributed by atoms with Crippen molar-refractivity contribution in [3.05, 3.63) is 27.7 Å². The van der Waals surface area contributed by atoms with Crippen LogP contribution in [0.15, 0.2) is 16.6 Å². The minimum atomic E-state index is 0.0604. The molecule has 0 radical (unpaired) electrons. The molecule has 0 spiro atoms. The molecule has 0 fully saturated rings. The summed E-state index contributed by atoms with van der Waals surface area (Å²) in [6, 6.07) is 3.71. The van der Waals surface area contributed by atoms with Crippen LogP contribution in [0.2, 0.25) is 0 Å². The molecular weight excluding hydrogens is 220 g/mol. The molecule has 3 heteroatoms. The second kappa shape index (κ2) is 3.92. The lowest BCUT2D eigenvalue weighted by molar-refractivity contribution is 0.297. The second-order valence-electron chi connectivity index (χ2n) is 2.67. The van der Waals surface area contributed by atoms with Gasteiger partial charge in [-0.05, 0) is 40.9 Å². The molecule has 0 aromatic heterocycles. The van der Waals surface area contributed by atoms with Gasteiger partial charge in [-0.1, -0.05) is 6.07 Å². The first-order valence-electron chi connectivity index (χ1n) is 3.74. The maximum absolute atomic E-state index is 9.55. The molecule has 0 saturated carbocycles. The molecule has 0 aliphatic heterocycles. The molecule has 1 rings (SSSR count). The summed E-state index contributed by atoms with van der Waals surface area (Å²) in [5, 5.41) is 18.3. The Morgan fingerprint density at radius 1 is 1.42 bits per heavy atom. The SMILES string of the molecule is Cc1ccc(Br)c(O)c1CCO. The fourth-order valence-electron chi connectivity index (χ4n) is 1.14. The number of aliphatic hydroxyl groups is 1. The number of hydrogen-bond donors (Lipinski definition) is 2. The quantitative estimate of drug-likeness (QED) is 0.817. The Kier molecular flexibility index (Phi) is 3.12. The molecule has 0 atom stereocenters. The van der Waals surface area contributed by atoms with Crippen LogP contribution in [-0.2, 0) is 6.42 Å². The van der Waals surface area contributed by atoms with Gasteiger partial charge in [0.1, 0.15) is 5.75 Å². The summed E-state index contributed by atoms with van der Waals surface area (Å²) < 4.78 is 0.677. The fourth-order valence-corrected chi connectivity index (χ4v) is 1.51. The van der Waals surface area contributed by atoms with Crippen molar-refractivity contribution in [3.8, 4) is 5.75 Å². The Balaban J connectivity index is 3.14. The minimum Gasteiger partial charge on any atom is -0.506 e. The largest absolute Gasteiger partial charge is 0.506 e. The summed E-state index contributed by atoms with van der Waals surface area (Å²) in [5.74, 6) is 0.240. The van der Waals surface area contributed by atoms with Crippen LogP contribution in [0.25, 0.3) is 0 Å². The monoisotopic (exact) mass is 230 g/mol. The summed E-state index contributed by atoms with van der Waals surface area (Å²) in [6.45, 7) is 1.97. The topological polar surface area (TPSA) is 40.5 Å². The highest BCUT2D eigenvalue weighted by Crippen LogP contribution is 2.30. The molecule has 0 aliphatic rings. The van der Waals surface area contributed by atoms with E-state index in [4.69, 9.17) is 5.11 Å². The smallest absolute Gasteiger partial charge is 0.133 e. The predicted octanol–water partition coefficient (Wildman–Crippen LogP) is 2.00. The Morgan fingerprint density at radius 3 is 2.67 bits per heavy atom. The molecule has 0 bridgehead atoms. The number of phenolic OH excluding ortho intramolecular Hbond substituents is 1. The van der Waals surface area contributed by atoms with Gasteiger partial charge in [0.25, 0.3) is 0 Å². The second-order valence-corrected chi connectivity index (χ2v) is 3.52. The van der Waals surface area contributed by atoms with Crippen LogP contribution in [0, 0.1) is 6.92 Å². The van der Waals surface area contributed by atoms with Gasteiger partial charge in [0.05, 0.1) is 4.47 Å². The first kappa shape index (κ1) is 9.55. The maximum Gasteiger partial charge on any atom is 0.133 e. The van der Waals surface area contributed by atoms with Crippen LogP contribution in [0.4, 0.5) is 0 Å². The van der Waals surface area contributed by atoms with Gasteiger partial charge in [-0.3, -0.25) is 0 Å². The van der Waals surface area contributed by atoms with E-state index in [0.717, 1.165) is 11.1 Å². The van der Waals surface area contributed by atoms with Gasteiger partial charge >= 0.3 is 0 Å². The number of halogens is 1. The van der Waals surface area contributed by atoms with Crippen LogP contribution in [-0.4, -0.2) is 16.8 Å². The molecule has 2 nitrogen and oxygen atoms in total. The van der Waals surface area contributed by atoms with Crippen molar-refractivity contribution < 1.29 is 10.2 Å².